The predicted molar refractivity (Wildman–Crippen MR) is 220 cm³/mol. The van der Waals surface area contributed by atoms with Crippen LogP contribution in [0.4, 0.5) is 24.7 Å². The number of rotatable bonds is 12. The molecule has 1 saturated carbocycles. The average Bonchev–Trinajstić information content (AvgIpc) is 3.56. The van der Waals surface area contributed by atoms with Crippen molar-refractivity contribution in [2.24, 2.45) is 17.3 Å². The number of hydrogen-bond acceptors (Lipinski definition) is 9. The SMILES string of the molecule is COC(O)N[C@H](C(=O)N1CCC[C@H]1c1ncc(-c2ccc(-c3ccc(NC(=O)c4ccc(N5CCN(C(=O)[C@H]6CC6(C)C)C[C@H]5C)nc4)cc3C(F)(F)F)cc2)[nH]1)C(C)C. The van der Waals surface area contributed by atoms with Crippen LogP contribution >= 0.6 is 0 Å². The van der Waals surface area contributed by atoms with E-state index in [9.17, 15) is 32.7 Å². The Morgan fingerprint density at radius 2 is 1.70 bits per heavy atom. The zero-order valence-corrected chi connectivity index (χ0v) is 34.7. The van der Waals surface area contributed by atoms with E-state index in [1.165, 1.54) is 25.4 Å². The number of methoxy groups -OCH3 is 1. The minimum atomic E-state index is -4.72. The highest BCUT2D eigenvalue weighted by molar-refractivity contribution is 6.04. The maximum Gasteiger partial charge on any atom is 0.417 e. The Kier molecular flexibility index (Phi) is 12.1. The number of pyridine rings is 1. The molecule has 7 rings (SSSR count). The first-order valence-electron chi connectivity index (χ1n) is 20.4. The number of likely N-dealkylation sites (tertiary alicyclic amines) is 1. The first-order valence-corrected chi connectivity index (χ1v) is 20.4. The molecular weight excluding hydrogens is 778 g/mol. The fraction of sp³-hybridized carbons (Fsp3) is 0.477. The number of anilines is 2. The zero-order chi connectivity index (χ0) is 43.1. The average molecular weight is 831 g/mol. The lowest BCUT2D eigenvalue weighted by Crippen LogP contribution is -2.54. The molecule has 3 amide bonds. The van der Waals surface area contributed by atoms with Crippen molar-refractivity contribution in [3.63, 3.8) is 0 Å². The second-order valence-corrected chi connectivity index (χ2v) is 17.1. The lowest BCUT2D eigenvalue weighted by atomic mass is 9.97. The summed E-state index contributed by atoms with van der Waals surface area (Å²) in [6.45, 7) is 12.3. The lowest BCUT2D eigenvalue weighted by molar-refractivity contribution is -0.145. The van der Waals surface area contributed by atoms with Gasteiger partial charge in [-0.05, 0) is 78.5 Å². The number of aromatic nitrogens is 3. The molecule has 2 aromatic carbocycles. The molecule has 5 atom stereocenters. The Hall–Kier alpha value is -5.32. The summed E-state index contributed by atoms with van der Waals surface area (Å²) in [5.41, 5.74) is 0.955. The number of amides is 3. The molecule has 0 spiro atoms. The van der Waals surface area contributed by atoms with Gasteiger partial charge in [-0.2, -0.15) is 13.2 Å². The van der Waals surface area contributed by atoms with Gasteiger partial charge in [0.25, 0.3) is 5.91 Å². The van der Waals surface area contributed by atoms with E-state index in [4.69, 9.17) is 4.74 Å². The van der Waals surface area contributed by atoms with Crippen molar-refractivity contribution in [1.29, 1.82) is 0 Å². The van der Waals surface area contributed by atoms with Crippen LogP contribution in [0.3, 0.4) is 0 Å². The quantitative estimate of drug-likeness (QED) is 0.114. The van der Waals surface area contributed by atoms with Crippen molar-refractivity contribution in [3.8, 4) is 22.4 Å². The number of hydrogen-bond donors (Lipinski definition) is 4. The van der Waals surface area contributed by atoms with Crippen LogP contribution in [0.25, 0.3) is 22.4 Å². The van der Waals surface area contributed by atoms with Crippen LogP contribution in [0.2, 0.25) is 0 Å². The highest BCUT2D eigenvalue weighted by atomic mass is 19.4. The molecule has 1 aliphatic carbocycles. The normalized spacial score (nSPS) is 21.2. The highest BCUT2D eigenvalue weighted by Gasteiger charge is 2.52. The lowest BCUT2D eigenvalue weighted by Gasteiger charge is -2.40. The van der Waals surface area contributed by atoms with Crippen molar-refractivity contribution in [3.05, 3.63) is 83.9 Å². The van der Waals surface area contributed by atoms with E-state index in [0.717, 1.165) is 18.9 Å². The largest absolute Gasteiger partial charge is 0.417 e. The molecule has 2 saturated heterocycles. The molecule has 320 valence electrons. The summed E-state index contributed by atoms with van der Waals surface area (Å²) in [6.07, 6.45) is -0.587. The molecule has 4 aromatic rings. The van der Waals surface area contributed by atoms with E-state index < -0.39 is 30.1 Å². The molecule has 3 aliphatic rings. The van der Waals surface area contributed by atoms with E-state index in [1.807, 2.05) is 25.7 Å². The number of aromatic amines is 1. The molecule has 0 bridgehead atoms. The number of H-pyrrole nitrogens is 1. The maximum absolute atomic E-state index is 14.5. The third kappa shape index (κ3) is 9.05. The molecule has 2 aromatic heterocycles. The number of imidazole rings is 1. The topological polar surface area (TPSA) is 156 Å². The summed E-state index contributed by atoms with van der Waals surface area (Å²) in [6, 6.07) is 12.7. The number of carbonyl (C=O) groups is 3. The van der Waals surface area contributed by atoms with Gasteiger partial charge >= 0.3 is 6.18 Å². The van der Waals surface area contributed by atoms with E-state index in [0.29, 0.717) is 61.1 Å². The van der Waals surface area contributed by atoms with Crippen molar-refractivity contribution in [1.82, 2.24) is 30.1 Å². The van der Waals surface area contributed by atoms with Gasteiger partial charge in [0.2, 0.25) is 18.2 Å². The molecule has 60 heavy (non-hydrogen) atoms. The molecule has 3 fully saturated rings. The molecule has 13 nitrogen and oxygen atoms in total. The van der Waals surface area contributed by atoms with Crippen LogP contribution in [0.5, 0.6) is 0 Å². The van der Waals surface area contributed by atoms with Gasteiger partial charge in [0, 0.05) is 57.1 Å². The van der Waals surface area contributed by atoms with Crippen LogP contribution in [-0.4, -0.2) is 99.4 Å². The number of aliphatic hydroxyl groups excluding tert-OH is 1. The van der Waals surface area contributed by atoms with Gasteiger partial charge in [0.15, 0.2) is 0 Å². The molecule has 4 N–H and O–H groups in total. The van der Waals surface area contributed by atoms with Gasteiger partial charge < -0.3 is 34.8 Å². The number of nitrogens with one attached hydrogen (secondary N) is 3. The molecule has 0 radical (unpaired) electrons. The Labute approximate surface area is 347 Å². The first kappa shape index (κ1) is 42.8. The van der Waals surface area contributed by atoms with Crippen molar-refractivity contribution in [2.45, 2.75) is 84.6 Å². The predicted octanol–water partition coefficient (Wildman–Crippen LogP) is 6.69. The first-order chi connectivity index (χ1) is 28.4. The number of carbonyl (C=O) groups excluding carboxylic acids is 3. The molecule has 2 aliphatic heterocycles. The third-order valence-electron chi connectivity index (χ3n) is 12.1. The van der Waals surface area contributed by atoms with Crippen LogP contribution in [0.1, 0.15) is 81.7 Å². The third-order valence-corrected chi connectivity index (χ3v) is 12.1. The van der Waals surface area contributed by atoms with Crippen molar-refractivity contribution >= 4 is 29.2 Å². The van der Waals surface area contributed by atoms with Crippen LogP contribution in [0, 0.1) is 17.3 Å². The summed E-state index contributed by atoms with van der Waals surface area (Å²) >= 11 is 0. The number of aliphatic hydroxyl groups is 1. The Morgan fingerprint density at radius 3 is 2.32 bits per heavy atom. The molecule has 4 heterocycles. The number of ether oxygens (including phenoxy) is 1. The number of piperazine rings is 1. The fourth-order valence-electron chi connectivity index (χ4n) is 8.36. The van der Waals surface area contributed by atoms with Gasteiger partial charge in [0.1, 0.15) is 11.6 Å². The van der Waals surface area contributed by atoms with Crippen LogP contribution in [0.15, 0.2) is 67.0 Å². The smallest absolute Gasteiger partial charge is 0.356 e. The highest BCUT2D eigenvalue weighted by Crippen LogP contribution is 2.52. The molecule has 1 unspecified atom stereocenters. The van der Waals surface area contributed by atoms with Crippen molar-refractivity contribution in [2.75, 3.05) is 43.5 Å². The number of nitrogens with zero attached hydrogens (tertiary/aromatic N) is 5. The molecule has 16 heteroatoms. The number of benzene rings is 2. The van der Waals surface area contributed by atoms with Crippen molar-refractivity contribution < 1.29 is 37.4 Å². The van der Waals surface area contributed by atoms with Gasteiger partial charge in [-0.1, -0.05) is 58.0 Å². The zero-order valence-electron chi connectivity index (χ0n) is 34.7. The second-order valence-electron chi connectivity index (χ2n) is 17.1. The van der Waals surface area contributed by atoms with Gasteiger partial charge in [-0.15, -0.1) is 0 Å². The fourth-order valence-corrected chi connectivity index (χ4v) is 8.36. The Bertz CT molecular complexity index is 2190. The molecular formula is C44H53F3N8O5. The summed E-state index contributed by atoms with van der Waals surface area (Å²) in [7, 11) is 1.34. The van der Waals surface area contributed by atoms with E-state index in [2.05, 4.69) is 44.3 Å². The monoisotopic (exact) mass is 830 g/mol. The minimum Gasteiger partial charge on any atom is -0.356 e. The Balaban J connectivity index is 1.00. The number of alkyl halides is 3. The van der Waals surface area contributed by atoms with Gasteiger partial charge in [-0.25, -0.2) is 9.97 Å². The minimum absolute atomic E-state index is 0.0141. The summed E-state index contributed by atoms with van der Waals surface area (Å²) in [4.78, 5) is 57.8. The standard InChI is InChI=1S/C44H53F3N8O5/c1-25(2)37(52-42(59)60-6)41(58)55-17-7-8-35(55)38-49-23-34(51-38)28-11-9-27(10-12-28)31-15-14-30(20-32(31)44(45,46)47)50-39(56)29-13-16-36(48-22-29)54-19-18-53(24-26(54)3)40(57)33-21-43(33,4)5/h9-16,20,22-23,25-26,33,35,37,42,52,59H,7-8,17-19,21,24H2,1-6H3,(H,49,51)(H,50,56)/t26-,33-,35+,37+,42?/m1/s1. The van der Waals surface area contributed by atoms with Crippen LogP contribution in [-0.2, 0) is 20.5 Å². The summed E-state index contributed by atoms with van der Waals surface area (Å²) < 4.78 is 48.5. The Morgan fingerprint density at radius 1 is 0.983 bits per heavy atom. The maximum atomic E-state index is 14.5. The van der Waals surface area contributed by atoms with Gasteiger partial charge in [-0.3, -0.25) is 19.7 Å². The van der Waals surface area contributed by atoms with E-state index in [-0.39, 0.29) is 58.0 Å². The summed E-state index contributed by atoms with van der Waals surface area (Å²) in [5.74, 6) is 0.630. The number of halogens is 3. The van der Waals surface area contributed by atoms with Gasteiger partial charge in [0.05, 0.1) is 35.1 Å². The van der Waals surface area contributed by atoms with E-state index >= 15 is 0 Å². The van der Waals surface area contributed by atoms with E-state index in [1.54, 1.807) is 47.5 Å². The second kappa shape index (κ2) is 17.0. The summed E-state index contributed by atoms with van der Waals surface area (Å²) in [5, 5.41) is 15.4. The van der Waals surface area contributed by atoms with Crippen LogP contribution < -0.4 is 15.5 Å².